The summed E-state index contributed by atoms with van der Waals surface area (Å²) in [6, 6.07) is 0. The minimum absolute atomic E-state index is 0.159. The maximum absolute atomic E-state index is 12.3. The van der Waals surface area contributed by atoms with Crippen LogP contribution in [0.15, 0.2) is 0 Å². The summed E-state index contributed by atoms with van der Waals surface area (Å²) in [6.07, 6.45) is -6.40. The summed E-state index contributed by atoms with van der Waals surface area (Å²) in [6.45, 7) is 3.05. The van der Waals surface area contributed by atoms with Gasteiger partial charge in [0.05, 0.1) is 0 Å². The highest BCUT2D eigenvalue weighted by Gasteiger charge is 2.73. The third kappa shape index (κ3) is 2.68. The normalized spacial score (nSPS) is 14.6. The van der Waals surface area contributed by atoms with Crippen LogP contribution in [0.25, 0.3) is 0 Å². The van der Waals surface area contributed by atoms with Crippen LogP contribution in [0.3, 0.4) is 0 Å². The molecule has 0 aromatic rings. The Labute approximate surface area is 79.8 Å². The molecule has 1 radical (unpaired) electrons. The lowest BCUT2D eigenvalue weighted by atomic mass is 10.3. The fourth-order valence-corrected chi connectivity index (χ4v) is 1.15. The first-order valence-electron chi connectivity index (χ1n) is 3.32. The van der Waals surface area contributed by atoms with Gasteiger partial charge >= 0.3 is 17.4 Å². The fraction of sp³-hybridized carbons (Fsp3) is 0.833. The molecule has 0 atom stereocenters. The van der Waals surface area contributed by atoms with Crippen molar-refractivity contribution in [2.75, 3.05) is 5.75 Å². The second-order valence-electron chi connectivity index (χ2n) is 2.29. The van der Waals surface area contributed by atoms with Gasteiger partial charge in [0.2, 0.25) is 0 Å². The van der Waals surface area contributed by atoms with E-state index in [1.54, 1.807) is 0 Å². The second-order valence-corrected chi connectivity index (χ2v) is 3.50. The molecule has 0 saturated carbocycles. The SMILES string of the molecule is [CH2]CCSC(F)(F)C(F)(F)C(F)(F)F. The molecule has 0 fully saturated rings. The van der Waals surface area contributed by atoms with Crippen LogP contribution in [0.4, 0.5) is 30.7 Å². The molecule has 0 N–H and O–H groups in total. The summed E-state index contributed by atoms with van der Waals surface area (Å²) in [7, 11) is 0. The topological polar surface area (TPSA) is 0 Å². The zero-order valence-corrected chi connectivity index (χ0v) is 7.49. The van der Waals surface area contributed by atoms with E-state index in [1.165, 1.54) is 0 Å². The number of hydrogen-bond donors (Lipinski definition) is 0. The van der Waals surface area contributed by atoms with E-state index in [0.29, 0.717) is 0 Å². The summed E-state index contributed by atoms with van der Waals surface area (Å²) in [4.78, 5) is 0. The van der Waals surface area contributed by atoms with Gasteiger partial charge in [0.15, 0.2) is 0 Å². The monoisotopic (exact) mass is 243 g/mol. The van der Waals surface area contributed by atoms with E-state index in [-0.39, 0.29) is 6.42 Å². The van der Waals surface area contributed by atoms with Gasteiger partial charge in [0.25, 0.3) is 0 Å². The Morgan fingerprint density at radius 1 is 0.929 bits per heavy atom. The van der Waals surface area contributed by atoms with Crippen LogP contribution in [-0.2, 0) is 0 Å². The van der Waals surface area contributed by atoms with Crippen LogP contribution in [-0.4, -0.2) is 23.1 Å². The molecule has 0 nitrogen and oxygen atoms in total. The van der Waals surface area contributed by atoms with E-state index in [9.17, 15) is 30.7 Å². The van der Waals surface area contributed by atoms with Gasteiger partial charge in [-0.2, -0.15) is 30.7 Å². The fourth-order valence-electron chi connectivity index (χ4n) is 0.456. The van der Waals surface area contributed by atoms with Gasteiger partial charge in [-0.3, -0.25) is 0 Å². The van der Waals surface area contributed by atoms with Gasteiger partial charge in [-0.15, -0.1) is 0 Å². The number of alkyl halides is 7. The minimum Gasteiger partial charge on any atom is -0.188 e. The molecule has 0 spiro atoms. The molecule has 0 heterocycles. The largest absolute Gasteiger partial charge is 0.460 e. The van der Waals surface area contributed by atoms with Crippen LogP contribution in [0.2, 0.25) is 0 Å². The molecule has 0 aliphatic rings. The van der Waals surface area contributed by atoms with E-state index in [4.69, 9.17) is 0 Å². The van der Waals surface area contributed by atoms with Crippen LogP contribution in [0.1, 0.15) is 6.42 Å². The Bertz CT molecular complexity index is 185. The Hall–Kier alpha value is -0.140. The maximum atomic E-state index is 12.3. The minimum atomic E-state index is -6.25. The number of thioether (sulfide) groups is 1. The molecule has 0 unspecified atom stereocenters. The molecule has 14 heavy (non-hydrogen) atoms. The zero-order valence-electron chi connectivity index (χ0n) is 6.68. The average Bonchev–Trinajstić information content (AvgIpc) is 1.98. The van der Waals surface area contributed by atoms with Gasteiger partial charge in [0, 0.05) is 0 Å². The van der Waals surface area contributed by atoms with Crippen molar-refractivity contribution in [1.29, 1.82) is 0 Å². The number of hydrogen-bond acceptors (Lipinski definition) is 1. The highest BCUT2D eigenvalue weighted by molar-refractivity contribution is 8.00. The first-order chi connectivity index (χ1) is 6.06. The van der Waals surface area contributed by atoms with E-state index < -0.39 is 34.9 Å². The van der Waals surface area contributed by atoms with E-state index >= 15 is 0 Å². The molecule has 0 aliphatic heterocycles. The molecule has 0 amide bonds. The zero-order chi connectivity index (χ0) is 11.6. The average molecular weight is 243 g/mol. The van der Waals surface area contributed by atoms with Crippen molar-refractivity contribution in [1.82, 2.24) is 0 Å². The Kier molecular flexibility index (Phi) is 4.12. The molecule has 8 heteroatoms. The van der Waals surface area contributed by atoms with Crippen molar-refractivity contribution in [3.05, 3.63) is 6.92 Å². The predicted molar refractivity (Wildman–Crippen MR) is 38.4 cm³/mol. The van der Waals surface area contributed by atoms with Crippen LogP contribution in [0.5, 0.6) is 0 Å². The summed E-state index contributed by atoms with van der Waals surface area (Å²) < 4.78 is 83.4. The van der Waals surface area contributed by atoms with Gasteiger partial charge in [-0.05, 0) is 12.2 Å². The van der Waals surface area contributed by atoms with Crippen molar-refractivity contribution in [3.8, 4) is 0 Å². The Morgan fingerprint density at radius 3 is 1.64 bits per heavy atom. The van der Waals surface area contributed by atoms with Gasteiger partial charge in [-0.25, -0.2) is 0 Å². The lowest BCUT2D eigenvalue weighted by Crippen LogP contribution is -2.50. The molecule has 0 rings (SSSR count). The highest BCUT2D eigenvalue weighted by Crippen LogP contribution is 2.51. The van der Waals surface area contributed by atoms with Crippen LogP contribution < -0.4 is 0 Å². The molecular weight excluding hydrogens is 237 g/mol. The van der Waals surface area contributed by atoms with Gasteiger partial charge in [-0.1, -0.05) is 18.7 Å². The molecular formula is C6H6F7S. The second kappa shape index (κ2) is 4.16. The van der Waals surface area contributed by atoms with Crippen molar-refractivity contribution in [2.24, 2.45) is 0 Å². The standard InChI is InChI=1S/C6H6F7S/c1-2-3-14-6(12,13)4(7,8)5(9,10)11/h1-3H2. The lowest BCUT2D eigenvalue weighted by Gasteiger charge is -2.27. The third-order valence-corrected chi connectivity index (χ3v) is 2.26. The number of rotatable bonds is 4. The molecule has 0 bridgehead atoms. The Balaban J connectivity index is 4.69. The maximum Gasteiger partial charge on any atom is 0.460 e. The molecule has 0 saturated heterocycles. The van der Waals surface area contributed by atoms with Crippen LogP contribution in [0, 0.1) is 6.92 Å². The molecule has 0 aromatic heterocycles. The Morgan fingerprint density at radius 2 is 1.36 bits per heavy atom. The molecule has 85 valence electrons. The first kappa shape index (κ1) is 13.9. The summed E-state index contributed by atoms with van der Waals surface area (Å²) >= 11 is -0.753. The molecule has 0 aliphatic carbocycles. The summed E-state index contributed by atoms with van der Waals surface area (Å²) in [5.41, 5.74) is 0. The first-order valence-corrected chi connectivity index (χ1v) is 4.30. The van der Waals surface area contributed by atoms with Crippen molar-refractivity contribution in [3.63, 3.8) is 0 Å². The van der Waals surface area contributed by atoms with Gasteiger partial charge in [0.1, 0.15) is 0 Å². The quantitative estimate of drug-likeness (QED) is 0.678. The lowest BCUT2D eigenvalue weighted by molar-refractivity contribution is -0.330. The summed E-state index contributed by atoms with van der Waals surface area (Å²) in [5.74, 6) is -6.58. The van der Waals surface area contributed by atoms with Crippen molar-refractivity contribution >= 4 is 11.8 Å². The highest BCUT2D eigenvalue weighted by atomic mass is 32.2. The molecule has 0 aromatic carbocycles. The van der Waals surface area contributed by atoms with Crippen molar-refractivity contribution < 1.29 is 30.7 Å². The summed E-state index contributed by atoms with van der Waals surface area (Å²) in [5, 5.41) is -5.15. The van der Waals surface area contributed by atoms with E-state index in [2.05, 4.69) is 6.92 Å². The smallest absolute Gasteiger partial charge is 0.188 e. The van der Waals surface area contributed by atoms with E-state index in [1.807, 2.05) is 0 Å². The predicted octanol–water partition coefficient (Wildman–Crippen LogP) is 3.73. The van der Waals surface area contributed by atoms with Crippen molar-refractivity contribution in [2.45, 2.75) is 23.8 Å². The number of halogens is 7. The third-order valence-electron chi connectivity index (χ3n) is 1.15. The van der Waals surface area contributed by atoms with Gasteiger partial charge < -0.3 is 0 Å². The van der Waals surface area contributed by atoms with Crippen LogP contribution >= 0.6 is 11.8 Å². The van der Waals surface area contributed by atoms with E-state index in [0.717, 1.165) is 0 Å².